The van der Waals surface area contributed by atoms with Crippen molar-refractivity contribution in [1.82, 2.24) is 21.5 Å². The normalized spacial score (nSPS) is 10.0. The predicted octanol–water partition coefficient (Wildman–Crippen LogP) is 3.59. The van der Waals surface area contributed by atoms with Crippen LogP contribution in [0.1, 0.15) is 43.2 Å². The van der Waals surface area contributed by atoms with Gasteiger partial charge in [-0.05, 0) is 74.4 Å². The molecule has 176 valence electrons. The maximum Gasteiger partial charge on any atom is 0.226 e. The minimum absolute atomic E-state index is 0.170. The van der Waals surface area contributed by atoms with E-state index >= 15 is 0 Å². The van der Waals surface area contributed by atoms with Crippen LogP contribution in [0.25, 0.3) is 0 Å². The number of thiocarbonyl (C=S) groups is 2. The second-order valence-corrected chi connectivity index (χ2v) is 8.26. The number of amides is 2. The standard InChI is InChI=1S/C23H30N6O2S2/c1-16-10-6-8-12-18(16)26-28-22(32)24-20(30)14-4-3-5-15-21(31)25-23(33)29-27-19-13-9-7-11-17(19)2/h6-13,26-27H,3-5,14-15H2,1-2H3,(H2,24,28,30,32)(H2,25,29,31,33). The van der Waals surface area contributed by atoms with Crippen LogP contribution in [-0.2, 0) is 9.59 Å². The zero-order chi connectivity index (χ0) is 24.1. The fourth-order valence-electron chi connectivity index (χ4n) is 2.86. The molecule has 0 bridgehead atoms. The lowest BCUT2D eigenvalue weighted by atomic mass is 10.1. The van der Waals surface area contributed by atoms with Gasteiger partial charge in [0.05, 0.1) is 11.4 Å². The zero-order valence-electron chi connectivity index (χ0n) is 18.8. The maximum atomic E-state index is 12.0. The lowest BCUT2D eigenvalue weighted by Crippen LogP contribution is -2.42. The molecular weight excluding hydrogens is 456 g/mol. The van der Waals surface area contributed by atoms with E-state index in [9.17, 15) is 9.59 Å². The van der Waals surface area contributed by atoms with Crippen LogP contribution >= 0.6 is 24.4 Å². The summed E-state index contributed by atoms with van der Waals surface area (Å²) in [6.07, 6.45) is 2.71. The number of carbonyl (C=O) groups is 2. The summed E-state index contributed by atoms with van der Waals surface area (Å²) in [5, 5.41) is 5.69. The average molecular weight is 487 g/mol. The van der Waals surface area contributed by atoms with Gasteiger partial charge in [0.25, 0.3) is 0 Å². The van der Waals surface area contributed by atoms with E-state index in [0.717, 1.165) is 28.9 Å². The minimum Gasteiger partial charge on any atom is -0.302 e. The van der Waals surface area contributed by atoms with Crippen LogP contribution in [-0.4, -0.2) is 22.0 Å². The first-order valence-electron chi connectivity index (χ1n) is 10.7. The van der Waals surface area contributed by atoms with Crippen LogP contribution in [0.2, 0.25) is 0 Å². The molecule has 2 amide bonds. The molecule has 0 unspecified atom stereocenters. The summed E-state index contributed by atoms with van der Waals surface area (Å²) in [5.74, 6) is -0.340. The Balaban J connectivity index is 1.52. The van der Waals surface area contributed by atoms with Crippen LogP contribution in [0.15, 0.2) is 48.5 Å². The summed E-state index contributed by atoms with van der Waals surface area (Å²) < 4.78 is 0. The van der Waals surface area contributed by atoms with Crippen LogP contribution in [0, 0.1) is 13.8 Å². The van der Waals surface area contributed by atoms with E-state index in [1.54, 1.807) is 0 Å². The molecule has 0 aliphatic rings. The third-order valence-corrected chi connectivity index (χ3v) is 5.13. The number of carbonyl (C=O) groups excluding carboxylic acids is 2. The molecule has 0 radical (unpaired) electrons. The molecule has 8 nitrogen and oxygen atoms in total. The monoisotopic (exact) mass is 486 g/mol. The Morgan fingerprint density at radius 2 is 1.06 bits per heavy atom. The smallest absolute Gasteiger partial charge is 0.226 e. The molecule has 0 aliphatic heterocycles. The van der Waals surface area contributed by atoms with Gasteiger partial charge in [0.15, 0.2) is 10.2 Å². The molecule has 0 spiro atoms. The first kappa shape index (κ1) is 26.0. The molecule has 2 aromatic rings. The Hall–Kier alpha value is -3.24. The van der Waals surface area contributed by atoms with Crippen LogP contribution in [0.4, 0.5) is 11.4 Å². The van der Waals surface area contributed by atoms with Crippen molar-refractivity contribution in [3.8, 4) is 0 Å². The van der Waals surface area contributed by atoms with E-state index in [1.165, 1.54) is 0 Å². The Morgan fingerprint density at radius 1 is 0.667 bits per heavy atom. The van der Waals surface area contributed by atoms with E-state index < -0.39 is 0 Å². The Morgan fingerprint density at radius 3 is 1.45 bits per heavy atom. The third kappa shape index (κ3) is 10.3. The van der Waals surface area contributed by atoms with Crippen LogP contribution in [0.3, 0.4) is 0 Å². The quantitative estimate of drug-likeness (QED) is 0.172. The van der Waals surface area contributed by atoms with E-state index in [-0.39, 0.29) is 22.0 Å². The SMILES string of the molecule is Cc1ccccc1NNC(=S)NC(=O)CCCCCC(=O)NC(=S)NNc1ccccc1C. The highest BCUT2D eigenvalue weighted by molar-refractivity contribution is 7.80. The molecule has 0 fully saturated rings. The molecular formula is C23H30N6O2S2. The molecule has 0 saturated carbocycles. The fraction of sp³-hybridized carbons (Fsp3) is 0.304. The van der Waals surface area contributed by atoms with E-state index in [1.807, 2.05) is 62.4 Å². The van der Waals surface area contributed by atoms with Gasteiger partial charge in [0.2, 0.25) is 11.8 Å². The molecule has 6 N–H and O–H groups in total. The Bertz CT molecular complexity index is 905. The van der Waals surface area contributed by atoms with Crippen LogP contribution in [0.5, 0.6) is 0 Å². The van der Waals surface area contributed by atoms with Gasteiger partial charge in [-0.2, -0.15) is 0 Å². The van der Waals surface area contributed by atoms with Crippen molar-refractivity contribution in [3.05, 3.63) is 59.7 Å². The van der Waals surface area contributed by atoms with Crippen molar-refractivity contribution in [3.63, 3.8) is 0 Å². The summed E-state index contributed by atoms with van der Waals surface area (Å²) in [5.41, 5.74) is 15.4. The van der Waals surface area contributed by atoms with Gasteiger partial charge in [-0.15, -0.1) is 0 Å². The van der Waals surface area contributed by atoms with E-state index in [0.29, 0.717) is 25.7 Å². The summed E-state index contributed by atoms with van der Waals surface area (Å²) in [7, 11) is 0. The van der Waals surface area contributed by atoms with Gasteiger partial charge in [0.1, 0.15) is 0 Å². The van der Waals surface area contributed by atoms with Gasteiger partial charge in [-0.1, -0.05) is 42.8 Å². The zero-order valence-corrected chi connectivity index (χ0v) is 20.4. The topological polar surface area (TPSA) is 106 Å². The van der Waals surface area contributed by atoms with Gasteiger partial charge in [-0.3, -0.25) is 31.3 Å². The molecule has 0 aromatic heterocycles. The number of hydrogen-bond donors (Lipinski definition) is 6. The Kier molecular flexibility index (Phi) is 11.1. The maximum absolute atomic E-state index is 12.0. The highest BCUT2D eigenvalue weighted by Crippen LogP contribution is 2.12. The molecule has 0 atom stereocenters. The second-order valence-electron chi connectivity index (χ2n) is 7.45. The Labute approximate surface area is 205 Å². The molecule has 2 aromatic carbocycles. The highest BCUT2D eigenvalue weighted by atomic mass is 32.1. The van der Waals surface area contributed by atoms with Gasteiger partial charge in [-0.25, -0.2) is 0 Å². The van der Waals surface area contributed by atoms with E-state index in [2.05, 4.69) is 32.3 Å². The first-order valence-corrected chi connectivity index (χ1v) is 11.5. The van der Waals surface area contributed by atoms with Gasteiger partial charge >= 0.3 is 0 Å². The number of rotatable bonds is 10. The van der Waals surface area contributed by atoms with Gasteiger partial charge in [0, 0.05) is 12.8 Å². The van der Waals surface area contributed by atoms with Crippen molar-refractivity contribution in [2.24, 2.45) is 0 Å². The van der Waals surface area contributed by atoms with Crippen molar-refractivity contribution in [2.75, 3.05) is 10.9 Å². The molecule has 33 heavy (non-hydrogen) atoms. The minimum atomic E-state index is -0.170. The van der Waals surface area contributed by atoms with Crippen LogP contribution < -0.4 is 32.3 Å². The number of unbranched alkanes of at least 4 members (excludes halogenated alkanes) is 2. The number of hydrogen-bond acceptors (Lipinski definition) is 6. The van der Waals surface area contributed by atoms with Crippen molar-refractivity contribution in [1.29, 1.82) is 0 Å². The first-order chi connectivity index (χ1) is 15.8. The largest absolute Gasteiger partial charge is 0.302 e. The molecule has 0 aliphatic carbocycles. The second kappa shape index (κ2) is 14.0. The van der Waals surface area contributed by atoms with Crippen molar-refractivity contribution in [2.45, 2.75) is 46.0 Å². The number of para-hydroxylation sites is 2. The third-order valence-electron chi connectivity index (χ3n) is 4.73. The van der Waals surface area contributed by atoms with Gasteiger partial charge < -0.3 is 10.6 Å². The number of nitrogens with one attached hydrogen (secondary N) is 6. The lowest BCUT2D eigenvalue weighted by molar-refractivity contribution is -0.120. The molecule has 2 rings (SSSR count). The predicted molar refractivity (Wildman–Crippen MR) is 140 cm³/mol. The summed E-state index contributed by atoms with van der Waals surface area (Å²) in [6, 6.07) is 15.5. The summed E-state index contributed by atoms with van der Waals surface area (Å²) in [4.78, 5) is 24.0. The molecule has 10 heteroatoms. The molecule has 0 heterocycles. The number of aryl methyl sites for hydroxylation is 2. The number of hydrazine groups is 2. The van der Waals surface area contributed by atoms with Crippen molar-refractivity contribution < 1.29 is 9.59 Å². The number of benzene rings is 2. The lowest BCUT2D eigenvalue weighted by Gasteiger charge is -2.13. The average Bonchev–Trinajstić information content (AvgIpc) is 2.77. The number of anilines is 2. The summed E-state index contributed by atoms with van der Waals surface area (Å²) in [6.45, 7) is 3.94. The van der Waals surface area contributed by atoms with Crippen molar-refractivity contribution >= 4 is 57.8 Å². The summed E-state index contributed by atoms with van der Waals surface area (Å²) >= 11 is 10.3. The molecule has 0 saturated heterocycles. The fourth-order valence-corrected chi connectivity index (χ4v) is 3.19. The highest BCUT2D eigenvalue weighted by Gasteiger charge is 2.07. The van der Waals surface area contributed by atoms with E-state index in [4.69, 9.17) is 24.4 Å².